The molecular formula is C30H40N2O2. The Kier molecular flexibility index (Phi) is 13.7. The van der Waals surface area contributed by atoms with Crippen LogP contribution in [0, 0.1) is 0 Å². The number of carbonyl (C=O) groups is 1. The van der Waals surface area contributed by atoms with Crippen molar-refractivity contribution in [3.05, 3.63) is 90.7 Å². The van der Waals surface area contributed by atoms with E-state index in [1.54, 1.807) is 18.2 Å². The van der Waals surface area contributed by atoms with E-state index in [0.717, 1.165) is 22.9 Å². The molecule has 0 radical (unpaired) electrons. The zero-order chi connectivity index (χ0) is 24.3. The maximum Gasteiger partial charge on any atom is 0.243 e. The molecule has 1 amide bonds. The molecule has 0 spiro atoms. The Hall–Kier alpha value is -3.27. The molecule has 1 aromatic carbocycles. The van der Waals surface area contributed by atoms with Gasteiger partial charge in [0.2, 0.25) is 5.91 Å². The molecule has 0 fully saturated rings. The SMILES string of the molecule is CCCCCCCCCC=CC=CC=CC=CC=CC(=O)NCCc1c[nH]c2ccc(O)cc12. The fourth-order valence-corrected chi connectivity index (χ4v) is 3.67. The van der Waals surface area contributed by atoms with Crippen molar-refractivity contribution in [3.63, 3.8) is 0 Å². The van der Waals surface area contributed by atoms with Crippen LogP contribution in [-0.4, -0.2) is 22.5 Å². The van der Waals surface area contributed by atoms with Crippen LogP contribution in [0.2, 0.25) is 0 Å². The van der Waals surface area contributed by atoms with E-state index in [9.17, 15) is 9.90 Å². The van der Waals surface area contributed by atoms with Gasteiger partial charge in [0.25, 0.3) is 0 Å². The van der Waals surface area contributed by atoms with Gasteiger partial charge in [0.05, 0.1) is 0 Å². The molecule has 182 valence electrons. The van der Waals surface area contributed by atoms with Crippen LogP contribution in [0.25, 0.3) is 10.9 Å². The number of rotatable bonds is 16. The maximum absolute atomic E-state index is 11.9. The van der Waals surface area contributed by atoms with E-state index in [1.807, 2.05) is 48.7 Å². The molecule has 0 aliphatic heterocycles. The number of carbonyl (C=O) groups excluding carboxylic acids is 1. The fraction of sp³-hybridized carbons (Fsp3) is 0.367. The van der Waals surface area contributed by atoms with Crippen molar-refractivity contribution in [2.45, 2.75) is 64.7 Å². The van der Waals surface area contributed by atoms with Gasteiger partial charge in [-0.15, -0.1) is 0 Å². The molecule has 34 heavy (non-hydrogen) atoms. The lowest BCUT2D eigenvalue weighted by atomic mass is 10.1. The maximum atomic E-state index is 11.9. The summed E-state index contributed by atoms with van der Waals surface area (Å²) in [5, 5.41) is 13.5. The van der Waals surface area contributed by atoms with Gasteiger partial charge in [0.15, 0.2) is 0 Å². The Bertz CT molecular complexity index is 992. The summed E-state index contributed by atoms with van der Waals surface area (Å²) in [6.07, 6.45) is 32.5. The summed E-state index contributed by atoms with van der Waals surface area (Å²) in [5.41, 5.74) is 2.05. The van der Waals surface area contributed by atoms with Gasteiger partial charge in [-0.1, -0.05) is 100 Å². The van der Waals surface area contributed by atoms with Gasteiger partial charge in [-0.2, -0.15) is 0 Å². The molecule has 4 nitrogen and oxygen atoms in total. The topological polar surface area (TPSA) is 65.1 Å². The Morgan fingerprint density at radius 3 is 2.35 bits per heavy atom. The molecule has 1 aromatic heterocycles. The summed E-state index contributed by atoms with van der Waals surface area (Å²) in [4.78, 5) is 15.1. The number of unbranched alkanes of at least 4 members (excludes halogenated alkanes) is 7. The van der Waals surface area contributed by atoms with Gasteiger partial charge in [-0.05, 0) is 43.0 Å². The number of H-pyrrole nitrogens is 1. The van der Waals surface area contributed by atoms with Gasteiger partial charge in [0, 0.05) is 29.7 Å². The van der Waals surface area contributed by atoms with E-state index in [2.05, 4.69) is 29.4 Å². The van der Waals surface area contributed by atoms with Crippen molar-refractivity contribution in [2.75, 3.05) is 6.54 Å². The molecule has 4 heteroatoms. The van der Waals surface area contributed by atoms with Crippen LogP contribution < -0.4 is 5.32 Å². The van der Waals surface area contributed by atoms with Gasteiger partial charge in [-0.3, -0.25) is 4.79 Å². The number of allylic oxidation sites excluding steroid dienone is 9. The second-order valence-electron chi connectivity index (χ2n) is 8.44. The molecule has 0 saturated carbocycles. The summed E-state index contributed by atoms with van der Waals surface area (Å²) in [5.74, 6) is 0.120. The normalized spacial score (nSPS) is 12.5. The third-order valence-electron chi connectivity index (χ3n) is 5.58. The van der Waals surface area contributed by atoms with E-state index < -0.39 is 0 Å². The predicted molar refractivity (Wildman–Crippen MR) is 145 cm³/mol. The number of amides is 1. The zero-order valence-corrected chi connectivity index (χ0v) is 20.5. The van der Waals surface area contributed by atoms with Crippen LogP contribution in [0.1, 0.15) is 63.9 Å². The third-order valence-corrected chi connectivity index (χ3v) is 5.58. The minimum atomic E-state index is -0.123. The molecular weight excluding hydrogens is 420 g/mol. The van der Waals surface area contributed by atoms with E-state index in [1.165, 1.54) is 51.0 Å². The van der Waals surface area contributed by atoms with Crippen molar-refractivity contribution in [1.29, 1.82) is 0 Å². The smallest absolute Gasteiger partial charge is 0.243 e. The third kappa shape index (κ3) is 11.6. The number of nitrogens with one attached hydrogen (secondary N) is 2. The lowest BCUT2D eigenvalue weighted by molar-refractivity contribution is -0.116. The highest BCUT2D eigenvalue weighted by Gasteiger charge is 2.04. The Labute approximate surface area is 204 Å². The standard InChI is InChI=1S/C30H40N2O2/c1-2-3-4-5-6-7-8-9-10-11-12-13-14-15-16-17-18-19-30(34)31-23-22-26-25-32-29-21-20-27(33)24-28(26)29/h10-21,24-25,32-33H,2-9,22-23H2,1H3,(H,31,34). The van der Waals surface area contributed by atoms with Crippen molar-refractivity contribution < 1.29 is 9.90 Å². The van der Waals surface area contributed by atoms with E-state index in [-0.39, 0.29) is 11.7 Å². The monoisotopic (exact) mass is 460 g/mol. The summed E-state index contributed by atoms with van der Waals surface area (Å²) in [7, 11) is 0. The highest BCUT2D eigenvalue weighted by molar-refractivity contribution is 5.88. The van der Waals surface area contributed by atoms with Crippen LogP contribution in [0.4, 0.5) is 0 Å². The summed E-state index contributed by atoms with van der Waals surface area (Å²) in [6.45, 7) is 2.79. The summed E-state index contributed by atoms with van der Waals surface area (Å²) < 4.78 is 0. The minimum absolute atomic E-state index is 0.123. The van der Waals surface area contributed by atoms with Crippen LogP contribution in [0.5, 0.6) is 5.75 Å². The highest BCUT2D eigenvalue weighted by Crippen LogP contribution is 2.23. The zero-order valence-electron chi connectivity index (χ0n) is 20.5. The molecule has 0 unspecified atom stereocenters. The minimum Gasteiger partial charge on any atom is -0.508 e. The number of phenols is 1. The van der Waals surface area contributed by atoms with Crippen molar-refractivity contribution in [2.24, 2.45) is 0 Å². The Morgan fingerprint density at radius 2 is 1.59 bits per heavy atom. The number of phenolic OH excluding ortho intramolecular Hbond substituents is 1. The van der Waals surface area contributed by atoms with Crippen molar-refractivity contribution >= 4 is 16.8 Å². The molecule has 0 aliphatic rings. The second-order valence-corrected chi connectivity index (χ2v) is 8.44. The largest absolute Gasteiger partial charge is 0.508 e. The van der Waals surface area contributed by atoms with E-state index in [0.29, 0.717) is 13.0 Å². The van der Waals surface area contributed by atoms with Gasteiger partial charge in [-0.25, -0.2) is 0 Å². The van der Waals surface area contributed by atoms with Gasteiger partial charge < -0.3 is 15.4 Å². The first-order valence-corrected chi connectivity index (χ1v) is 12.6. The number of aromatic amines is 1. The number of hydrogen-bond acceptors (Lipinski definition) is 2. The number of hydrogen-bond donors (Lipinski definition) is 3. The summed E-state index contributed by atoms with van der Waals surface area (Å²) in [6, 6.07) is 5.24. The number of benzene rings is 1. The van der Waals surface area contributed by atoms with Gasteiger partial charge in [0.1, 0.15) is 5.75 Å². The lowest BCUT2D eigenvalue weighted by Gasteiger charge is -2.02. The first-order valence-electron chi connectivity index (χ1n) is 12.6. The molecule has 0 aliphatic carbocycles. The number of fused-ring (bicyclic) bond motifs is 1. The van der Waals surface area contributed by atoms with Crippen LogP contribution >= 0.6 is 0 Å². The lowest BCUT2D eigenvalue weighted by Crippen LogP contribution is -2.23. The molecule has 2 rings (SSSR count). The van der Waals surface area contributed by atoms with Crippen molar-refractivity contribution in [3.8, 4) is 5.75 Å². The van der Waals surface area contributed by atoms with Gasteiger partial charge >= 0.3 is 0 Å². The number of aromatic hydroxyl groups is 1. The highest BCUT2D eigenvalue weighted by atomic mass is 16.3. The van der Waals surface area contributed by atoms with Crippen LogP contribution in [-0.2, 0) is 11.2 Å². The average molecular weight is 461 g/mol. The predicted octanol–water partition coefficient (Wildman–Crippen LogP) is 7.45. The average Bonchev–Trinajstić information content (AvgIpc) is 3.23. The molecule has 0 saturated heterocycles. The van der Waals surface area contributed by atoms with Crippen LogP contribution in [0.15, 0.2) is 85.2 Å². The van der Waals surface area contributed by atoms with Crippen molar-refractivity contribution in [1.82, 2.24) is 10.3 Å². The second kappa shape index (κ2) is 17.2. The molecule has 0 atom stereocenters. The van der Waals surface area contributed by atoms with Crippen LogP contribution in [0.3, 0.4) is 0 Å². The number of aromatic nitrogens is 1. The first kappa shape index (κ1) is 27.0. The Balaban J connectivity index is 1.53. The molecule has 0 bridgehead atoms. The fourth-order valence-electron chi connectivity index (χ4n) is 3.67. The van der Waals surface area contributed by atoms with E-state index in [4.69, 9.17) is 0 Å². The molecule has 3 N–H and O–H groups in total. The molecule has 2 aromatic rings. The first-order chi connectivity index (χ1) is 16.7. The van der Waals surface area contributed by atoms with E-state index >= 15 is 0 Å². The quantitative estimate of drug-likeness (QED) is 0.138. The molecule has 1 heterocycles. The summed E-state index contributed by atoms with van der Waals surface area (Å²) >= 11 is 0. The Morgan fingerprint density at radius 1 is 0.912 bits per heavy atom.